The third-order valence-electron chi connectivity index (χ3n) is 0.775. The minimum Gasteiger partial charge on any atom is -0.269 e. The standard InChI is InChI=1S/C7H16N2O3/c1-5(2)11-8-7(10)9-12-6(3)4/h5-6H,1-4H3,(H2,8,9,10). The van der Waals surface area contributed by atoms with Gasteiger partial charge in [-0.1, -0.05) is 0 Å². The van der Waals surface area contributed by atoms with Crippen LogP contribution < -0.4 is 11.0 Å². The Morgan fingerprint density at radius 1 is 1.00 bits per heavy atom. The quantitative estimate of drug-likeness (QED) is 0.627. The fraction of sp³-hybridized carbons (Fsp3) is 0.857. The van der Waals surface area contributed by atoms with E-state index in [4.69, 9.17) is 9.68 Å². The molecule has 12 heavy (non-hydrogen) atoms. The van der Waals surface area contributed by atoms with Gasteiger partial charge in [0.1, 0.15) is 0 Å². The number of amides is 2. The molecule has 0 aromatic carbocycles. The van der Waals surface area contributed by atoms with E-state index in [0.717, 1.165) is 0 Å². The first-order valence-electron chi connectivity index (χ1n) is 3.89. The number of carbonyl (C=O) groups excluding carboxylic acids is 1. The number of nitrogens with one attached hydrogen (secondary N) is 2. The van der Waals surface area contributed by atoms with Crippen LogP contribution in [0, 0.1) is 0 Å². The van der Waals surface area contributed by atoms with Crippen molar-refractivity contribution in [1.82, 2.24) is 11.0 Å². The van der Waals surface area contributed by atoms with Crippen LogP contribution in [0.3, 0.4) is 0 Å². The molecule has 0 heterocycles. The van der Waals surface area contributed by atoms with E-state index < -0.39 is 6.03 Å². The second-order valence-corrected chi connectivity index (χ2v) is 2.87. The van der Waals surface area contributed by atoms with Crippen molar-refractivity contribution in [2.45, 2.75) is 39.9 Å². The predicted octanol–water partition coefficient (Wildman–Crippen LogP) is 0.966. The van der Waals surface area contributed by atoms with Crippen LogP contribution in [0.1, 0.15) is 27.7 Å². The summed E-state index contributed by atoms with van der Waals surface area (Å²) in [6.07, 6.45) is -0.0930. The Bertz CT molecular complexity index is 123. The zero-order valence-corrected chi connectivity index (χ0v) is 7.88. The summed E-state index contributed by atoms with van der Waals surface area (Å²) in [4.78, 5) is 20.4. The van der Waals surface area contributed by atoms with Crippen LogP contribution in [-0.2, 0) is 9.68 Å². The van der Waals surface area contributed by atoms with Gasteiger partial charge < -0.3 is 0 Å². The summed E-state index contributed by atoms with van der Waals surface area (Å²) in [5.74, 6) is 0. The molecule has 2 N–H and O–H groups in total. The Balaban J connectivity index is 3.34. The molecule has 5 heteroatoms. The summed E-state index contributed by atoms with van der Waals surface area (Å²) in [7, 11) is 0. The molecule has 0 saturated heterocycles. The summed E-state index contributed by atoms with van der Waals surface area (Å²) in [5.41, 5.74) is 4.32. The Morgan fingerprint density at radius 3 is 1.58 bits per heavy atom. The van der Waals surface area contributed by atoms with E-state index in [-0.39, 0.29) is 12.2 Å². The van der Waals surface area contributed by atoms with E-state index in [0.29, 0.717) is 0 Å². The number of hydrogen-bond acceptors (Lipinski definition) is 3. The van der Waals surface area contributed by atoms with Gasteiger partial charge >= 0.3 is 6.03 Å². The molecular formula is C7H16N2O3. The van der Waals surface area contributed by atoms with Crippen LogP contribution in [-0.4, -0.2) is 18.2 Å². The average molecular weight is 176 g/mol. The smallest absolute Gasteiger partial charge is 0.269 e. The fourth-order valence-corrected chi connectivity index (χ4v) is 0.364. The van der Waals surface area contributed by atoms with Crippen LogP contribution in [0.15, 0.2) is 0 Å². The second kappa shape index (κ2) is 5.79. The summed E-state index contributed by atoms with van der Waals surface area (Å²) >= 11 is 0. The average Bonchev–Trinajstić information content (AvgIpc) is 1.96. The largest absolute Gasteiger partial charge is 0.362 e. The highest BCUT2D eigenvalue weighted by Gasteiger charge is 2.01. The minimum atomic E-state index is -0.502. The molecule has 0 rings (SSSR count). The number of hydrogen-bond donors (Lipinski definition) is 2. The van der Waals surface area contributed by atoms with Crippen LogP contribution in [0.2, 0.25) is 0 Å². The lowest BCUT2D eigenvalue weighted by molar-refractivity contribution is -0.0221. The molecule has 0 fully saturated rings. The van der Waals surface area contributed by atoms with Crippen molar-refractivity contribution in [3.05, 3.63) is 0 Å². The van der Waals surface area contributed by atoms with E-state index in [1.54, 1.807) is 0 Å². The minimum absolute atomic E-state index is 0.0465. The van der Waals surface area contributed by atoms with Gasteiger partial charge in [0.25, 0.3) is 0 Å². The van der Waals surface area contributed by atoms with Crippen molar-refractivity contribution in [2.24, 2.45) is 0 Å². The van der Waals surface area contributed by atoms with Gasteiger partial charge in [0.2, 0.25) is 0 Å². The van der Waals surface area contributed by atoms with Crippen LogP contribution in [0.25, 0.3) is 0 Å². The van der Waals surface area contributed by atoms with E-state index >= 15 is 0 Å². The maximum Gasteiger partial charge on any atom is 0.362 e. The Kier molecular flexibility index (Phi) is 5.40. The number of carbonyl (C=O) groups is 1. The third-order valence-corrected chi connectivity index (χ3v) is 0.775. The SMILES string of the molecule is CC(C)ONC(=O)NOC(C)C. The van der Waals surface area contributed by atoms with Gasteiger partial charge in [0.05, 0.1) is 12.2 Å². The first-order valence-corrected chi connectivity index (χ1v) is 3.89. The van der Waals surface area contributed by atoms with Gasteiger partial charge in [0, 0.05) is 0 Å². The van der Waals surface area contributed by atoms with Crippen LogP contribution in [0.4, 0.5) is 4.79 Å². The van der Waals surface area contributed by atoms with Crippen molar-refractivity contribution in [3.8, 4) is 0 Å². The van der Waals surface area contributed by atoms with Gasteiger partial charge in [-0.15, -0.1) is 0 Å². The molecule has 0 saturated carbocycles. The Hall–Kier alpha value is -0.810. The van der Waals surface area contributed by atoms with E-state index in [2.05, 4.69) is 11.0 Å². The molecule has 2 amide bonds. The molecule has 72 valence electrons. The lowest BCUT2D eigenvalue weighted by Crippen LogP contribution is -2.38. The summed E-state index contributed by atoms with van der Waals surface area (Å²) in [6, 6.07) is -0.502. The first-order chi connectivity index (χ1) is 5.52. The number of rotatable bonds is 4. The lowest BCUT2D eigenvalue weighted by atomic mass is 10.5. The van der Waals surface area contributed by atoms with Crippen LogP contribution >= 0.6 is 0 Å². The van der Waals surface area contributed by atoms with Gasteiger partial charge in [-0.05, 0) is 27.7 Å². The molecular weight excluding hydrogens is 160 g/mol. The van der Waals surface area contributed by atoms with Gasteiger partial charge in [0.15, 0.2) is 0 Å². The molecule has 0 spiro atoms. The van der Waals surface area contributed by atoms with Crippen molar-refractivity contribution in [2.75, 3.05) is 0 Å². The summed E-state index contributed by atoms with van der Waals surface area (Å²) in [6.45, 7) is 7.24. The molecule has 0 aliphatic carbocycles. The Morgan fingerprint density at radius 2 is 1.33 bits per heavy atom. The van der Waals surface area contributed by atoms with Gasteiger partial charge in [-0.3, -0.25) is 9.68 Å². The van der Waals surface area contributed by atoms with Crippen molar-refractivity contribution in [1.29, 1.82) is 0 Å². The second-order valence-electron chi connectivity index (χ2n) is 2.87. The zero-order chi connectivity index (χ0) is 9.56. The normalized spacial score (nSPS) is 10.5. The van der Waals surface area contributed by atoms with Crippen molar-refractivity contribution >= 4 is 6.03 Å². The maximum atomic E-state index is 10.8. The Labute approximate surface area is 72.3 Å². The molecule has 0 aromatic heterocycles. The van der Waals surface area contributed by atoms with E-state index in [9.17, 15) is 4.79 Å². The fourth-order valence-electron chi connectivity index (χ4n) is 0.364. The lowest BCUT2D eigenvalue weighted by Gasteiger charge is -2.11. The molecule has 0 bridgehead atoms. The highest BCUT2D eigenvalue weighted by atomic mass is 16.7. The molecule has 5 nitrogen and oxygen atoms in total. The van der Waals surface area contributed by atoms with Crippen molar-refractivity contribution in [3.63, 3.8) is 0 Å². The maximum absolute atomic E-state index is 10.8. The highest BCUT2D eigenvalue weighted by molar-refractivity contribution is 5.71. The van der Waals surface area contributed by atoms with Gasteiger partial charge in [-0.25, -0.2) is 15.8 Å². The molecule has 0 aliphatic heterocycles. The zero-order valence-electron chi connectivity index (χ0n) is 7.88. The molecule has 0 radical (unpaired) electrons. The molecule has 0 atom stereocenters. The summed E-state index contributed by atoms with van der Waals surface area (Å²) < 4.78 is 0. The van der Waals surface area contributed by atoms with E-state index in [1.165, 1.54) is 0 Å². The third kappa shape index (κ3) is 7.30. The number of hydroxylamine groups is 2. The predicted molar refractivity (Wildman–Crippen MR) is 44.1 cm³/mol. The molecule has 0 aromatic rings. The highest BCUT2D eigenvalue weighted by Crippen LogP contribution is 1.84. The van der Waals surface area contributed by atoms with Crippen LogP contribution in [0.5, 0.6) is 0 Å². The molecule has 0 aliphatic rings. The molecule has 0 unspecified atom stereocenters. The van der Waals surface area contributed by atoms with E-state index in [1.807, 2.05) is 27.7 Å². The number of urea groups is 1. The topological polar surface area (TPSA) is 59.6 Å². The van der Waals surface area contributed by atoms with Crippen molar-refractivity contribution < 1.29 is 14.5 Å². The monoisotopic (exact) mass is 176 g/mol. The van der Waals surface area contributed by atoms with Gasteiger partial charge in [-0.2, -0.15) is 0 Å². The first kappa shape index (κ1) is 11.2. The summed E-state index contributed by atoms with van der Waals surface area (Å²) in [5, 5.41) is 0.